The molecule has 0 fully saturated rings. The highest BCUT2D eigenvalue weighted by atomic mass is 35.5. The lowest BCUT2D eigenvalue weighted by molar-refractivity contribution is 0.0982. The van der Waals surface area contributed by atoms with Crippen molar-refractivity contribution in [3.05, 3.63) is 53.6 Å². The van der Waals surface area contributed by atoms with Gasteiger partial charge in [-0.25, -0.2) is 22.2 Å². The molecule has 1 heterocycles. The van der Waals surface area contributed by atoms with Gasteiger partial charge in [0.1, 0.15) is 11.3 Å². The Bertz CT molecular complexity index is 1180. The number of carbonyl (C=O) groups is 1. The Kier molecular flexibility index (Phi) is 7.51. The number of nitrogens with zero attached hydrogens (tertiary/aromatic N) is 3. The fourth-order valence-corrected chi connectivity index (χ4v) is 4.67. The summed E-state index contributed by atoms with van der Waals surface area (Å²) in [7, 11) is -0.00707. The molecule has 0 N–H and O–H groups in total. The molecule has 0 saturated heterocycles. The van der Waals surface area contributed by atoms with Gasteiger partial charge in [-0.15, -0.1) is 12.4 Å². The first-order valence-corrected chi connectivity index (χ1v) is 11.3. The molecule has 3 rings (SSSR count). The van der Waals surface area contributed by atoms with Crippen LogP contribution in [0.4, 0.5) is 13.9 Å². The second kappa shape index (κ2) is 9.34. The molecule has 0 bridgehead atoms. The maximum atomic E-state index is 14.1. The van der Waals surface area contributed by atoms with E-state index < -0.39 is 27.4 Å². The maximum absolute atomic E-state index is 14.1. The van der Waals surface area contributed by atoms with Gasteiger partial charge >= 0.3 is 0 Å². The number of carbonyl (C=O) groups excluding carboxylic acids is 1. The average molecular weight is 476 g/mol. The molecule has 1 amide bonds. The highest BCUT2D eigenvalue weighted by molar-refractivity contribution is 7.90. The van der Waals surface area contributed by atoms with Gasteiger partial charge < -0.3 is 4.90 Å². The normalized spacial score (nSPS) is 11.5. The molecule has 0 radical (unpaired) electrons. The first-order chi connectivity index (χ1) is 13.6. The molecule has 0 aliphatic rings. The summed E-state index contributed by atoms with van der Waals surface area (Å²) in [4.78, 5) is 20.5. The molecule has 0 aliphatic carbocycles. The molecule has 1 aromatic heterocycles. The summed E-state index contributed by atoms with van der Waals surface area (Å²) in [5, 5.41) is 0.166. The van der Waals surface area contributed by atoms with E-state index in [1.54, 1.807) is 6.07 Å². The number of aromatic nitrogens is 1. The lowest BCUT2D eigenvalue weighted by atomic mass is 10.2. The molecule has 0 spiro atoms. The van der Waals surface area contributed by atoms with Crippen LogP contribution in [-0.2, 0) is 9.84 Å². The van der Waals surface area contributed by atoms with Crippen molar-refractivity contribution in [1.82, 2.24) is 9.88 Å². The number of rotatable bonds is 6. The zero-order valence-corrected chi connectivity index (χ0v) is 18.9. The van der Waals surface area contributed by atoms with Crippen LogP contribution in [0, 0.1) is 11.6 Å². The van der Waals surface area contributed by atoms with E-state index in [1.165, 1.54) is 23.1 Å². The topological polar surface area (TPSA) is 70.6 Å². The third kappa shape index (κ3) is 5.12. The lowest BCUT2D eigenvalue weighted by Gasteiger charge is -2.22. The van der Waals surface area contributed by atoms with Gasteiger partial charge in [-0.1, -0.05) is 23.5 Å². The van der Waals surface area contributed by atoms with Gasteiger partial charge in [0.25, 0.3) is 5.91 Å². The van der Waals surface area contributed by atoms with Gasteiger partial charge in [-0.05, 0) is 32.3 Å². The number of thiazole rings is 1. The summed E-state index contributed by atoms with van der Waals surface area (Å²) in [6.07, 6.45) is 1.03. The Morgan fingerprint density at radius 3 is 2.43 bits per heavy atom. The predicted molar refractivity (Wildman–Crippen MR) is 117 cm³/mol. The Balaban J connectivity index is 0.00000320. The highest BCUT2D eigenvalue weighted by Crippen LogP contribution is 2.32. The van der Waals surface area contributed by atoms with Crippen LogP contribution in [0.5, 0.6) is 0 Å². The minimum atomic E-state index is -3.65. The van der Waals surface area contributed by atoms with Crippen LogP contribution in [0.2, 0.25) is 0 Å². The van der Waals surface area contributed by atoms with E-state index in [9.17, 15) is 22.0 Å². The third-order valence-corrected chi connectivity index (χ3v) is 6.35. The van der Waals surface area contributed by atoms with Crippen molar-refractivity contribution < 1.29 is 22.0 Å². The van der Waals surface area contributed by atoms with Crippen LogP contribution in [0.3, 0.4) is 0 Å². The first kappa shape index (κ1) is 24.1. The molecule has 0 atom stereocenters. The molecule has 2 aromatic carbocycles. The minimum Gasteiger partial charge on any atom is -0.308 e. The molecule has 6 nitrogen and oxygen atoms in total. The summed E-state index contributed by atoms with van der Waals surface area (Å²) < 4.78 is 52.2. The van der Waals surface area contributed by atoms with Crippen molar-refractivity contribution >= 4 is 54.8 Å². The van der Waals surface area contributed by atoms with Crippen molar-refractivity contribution in [3.8, 4) is 0 Å². The highest BCUT2D eigenvalue weighted by Gasteiger charge is 2.26. The van der Waals surface area contributed by atoms with Crippen LogP contribution >= 0.6 is 23.7 Å². The fraction of sp³-hybridized carbons (Fsp3) is 0.263. The number of halogens is 3. The van der Waals surface area contributed by atoms with Crippen LogP contribution in [-0.4, -0.2) is 57.6 Å². The molecule has 11 heteroatoms. The van der Waals surface area contributed by atoms with E-state index in [0.29, 0.717) is 6.54 Å². The molecular formula is C19H20ClF2N3O3S2. The summed E-state index contributed by atoms with van der Waals surface area (Å²) in [5.74, 6) is -2.13. The lowest BCUT2D eigenvalue weighted by Crippen LogP contribution is -2.37. The number of fused-ring (bicyclic) bond motifs is 1. The van der Waals surface area contributed by atoms with Crippen molar-refractivity contribution in [1.29, 1.82) is 0 Å². The number of likely N-dealkylation sites (N-methyl/N-ethyl adjacent to an activating group) is 1. The van der Waals surface area contributed by atoms with Crippen molar-refractivity contribution in [3.63, 3.8) is 0 Å². The molecule has 30 heavy (non-hydrogen) atoms. The van der Waals surface area contributed by atoms with E-state index in [1.807, 2.05) is 19.0 Å². The van der Waals surface area contributed by atoms with Gasteiger partial charge in [-0.3, -0.25) is 9.69 Å². The van der Waals surface area contributed by atoms with Crippen LogP contribution in [0.15, 0.2) is 41.3 Å². The van der Waals surface area contributed by atoms with Gasteiger partial charge in [0, 0.05) is 25.4 Å². The van der Waals surface area contributed by atoms with Crippen LogP contribution in [0.25, 0.3) is 10.2 Å². The zero-order chi connectivity index (χ0) is 21.3. The quantitative estimate of drug-likeness (QED) is 0.544. The van der Waals surface area contributed by atoms with Gasteiger partial charge in [-0.2, -0.15) is 0 Å². The SMILES string of the molecule is CN(C)CCN(C(=O)c1ccccc1S(C)(=O)=O)c1nc2c(F)cc(F)cc2s1.Cl. The first-order valence-electron chi connectivity index (χ1n) is 8.59. The molecule has 0 aliphatic heterocycles. The standard InChI is InChI=1S/C19H19F2N3O3S2.ClH/c1-23(2)8-9-24(18(25)13-6-4-5-7-16(13)29(3,26)27)19-22-17-14(21)10-12(20)11-15(17)28-19;/h4-7,10-11H,8-9H2,1-3H3;1H. The molecule has 0 unspecified atom stereocenters. The Labute approximate surface area is 183 Å². The third-order valence-electron chi connectivity index (χ3n) is 4.17. The number of hydrogen-bond donors (Lipinski definition) is 0. The smallest absolute Gasteiger partial charge is 0.261 e. The van der Waals surface area contributed by atoms with Crippen LogP contribution in [0.1, 0.15) is 10.4 Å². The van der Waals surface area contributed by atoms with E-state index in [2.05, 4.69) is 4.98 Å². The van der Waals surface area contributed by atoms with Crippen molar-refractivity contribution in [2.75, 3.05) is 38.3 Å². The van der Waals surface area contributed by atoms with E-state index >= 15 is 0 Å². The fourth-order valence-electron chi connectivity index (χ4n) is 2.76. The summed E-state index contributed by atoms with van der Waals surface area (Å²) >= 11 is 0.968. The number of anilines is 1. The van der Waals surface area contributed by atoms with Crippen molar-refractivity contribution in [2.45, 2.75) is 4.90 Å². The summed E-state index contributed by atoms with van der Waals surface area (Å²) in [6, 6.07) is 7.77. The Morgan fingerprint density at radius 2 is 1.80 bits per heavy atom. The summed E-state index contributed by atoms with van der Waals surface area (Å²) in [6.45, 7) is 0.646. The van der Waals surface area contributed by atoms with E-state index in [0.717, 1.165) is 29.7 Å². The van der Waals surface area contributed by atoms with Gasteiger partial charge in [0.05, 0.1) is 15.2 Å². The molecular weight excluding hydrogens is 456 g/mol. The molecule has 0 saturated carbocycles. The zero-order valence-electron chi connectivity index (χ0n) is 16.4. The van der Waals surface area contributed by atoms with Crippen LogP contribution < -0.4 is 4.90 Å². The average Bonchev–Trinajstić information content (AvgIpc) is 3.04. The second-order valence-electron chi connectivity index (χ2n) is 6.76. The predicted octanol–water partition coefficient (Wildman–Crippen LogP) is 3.61. The maximum Gasteiger partial charge on any atom is 0.261 e. The Morgan fingerprint density at radius 1 is 1.13 bits per heavy atom. The Hall–Kier alpha value is -2.14. The molecule has 3 aromatic rings. The minimum absolute atomic E-state index is 0. The van der Waals surface area contributed by atoms with Gasteiger partial charge in [0.2, 0.25) is 0 Å². The second-order valence-corrected chi connectivity index (χ2v) is 9.75. The number of amides is 1. The number of sulfone groups is 1. The number of benzene rings is 2. The molecule has 162 valence electrons. The summed E-state index contributed by atoms with van der Waals surface area (Å²) in [5.41, 5.74) is -0.0369. The van der Waals surface area contributed by atoms with Gasteiger partial charge in [0.15, 0.2) is 20.8 Å². The van der Waals surface area contributed by atoms with Crippen molar-refractivity contribution in [2.24, 2.45) is 0 Å². The number of hydrogen-bond acceptors (Lipinski definition) is 6. The largest absolute Gasteiger partial charge is 0.308 e. The van der Waals surface area contributed by atoms with E-state index in [-0.39, 0.29) is 44.8 Å². The monoisotopic (exact) mass is 475 g/mol. The van der Waals surface area contributed by atoms with E-state index in [4.69, 9.17) is 0 Å².